The van der Waals surface area contributed by atoms with Crippen molar-refractivity contribution in [1.29, 1.82) is 0 Å². The third-order valence-electron chi connectivity index (χ3n) is 3.53. The van der Waals surface area contributed by atoms with Gasteiger partial charge in [-0.15, -0.1) is 0 Å². The molecule has 8 nitrogen and oxygen atoms in total. The Morgan fingerprint density at radius 3 is 2.72 bits per heavy atom. The highest BCUT2D eigenvalue weighted by molar-refractivity contribution is 6.32. The Hall–Kier alpha value is -2.74. The van der Waals surface area contributed by atoms with E-state index in [1.165, 1.54) is 30.5 Å². The summed E-state index contributed by atoms with van der Waals surface area (Å²) in [5.41, 5.74) is 3.91. The van der Waals surface area contributed by atoms with Gasteiger partial charge in [-0.25, -0.2) is 5.43 Å². The topological polar surface area (TPSA) is 102 Å². The molecule has 0 fully saturated rings. The van der Waals surface area contributed by atoms with Crippen molar-refractivity contribution in [2.45, 2.75) is 33.2 Å². The number of benzene rings is 1. The first-order valence-corrected chi connectivity index (χ1v) is 8.12. The van der Waals surface area contributed by atoms with Crippen LogP contribution in [-0.4, -0.2) is 26.8 Å². The van der Waals surface area contributed by atoms with Gasteiger partial charge < -0.3 is 0 Å². The molecule has 0 bridgehead atoms. The van der Waals surface area contributed by atoms with E-state index in [-0.39, 0.29) is 11.3 Å². The number of amides is 1. The van der Waals surface area contributed by atoms with E-state index in [1.807, 2.05) is 6.92 Å². The molecular formula is C16H18ClN5O3. The number of nitrogens with one attached hydrogen (secondary N) is 1. The second-order valence-corrected chi connectivity index (χ2v) is 5.73. The van der Waals surface area contributed by atoms with Crippen LogP contribution in [0.2, 0.25) is 5.15 Å². The second-order valence-electron chi connectivity index (χ2n) is 5.37. The lowest BCUT2D eigenvalue weighted by atomic mass is 10.2. The molecule has 25 heavy (non-hydrogen) atoms. The SMILES string of the molecule is CCCCn1nc(C)c(/C=N\NC(=O)c2ccc([N+](=O)[O-])cc2)c1Cl. The van der Waals surface area contributed by atoms with Crippen molar-refractivity contribution >= 4 is 29.4 Å². The first-order chi connectivity index (χ1) is 11.9. The minimum Gasteiger partial charge on any atom is -0.267 e. The molecule has 1 N–H and O–H groups in total. The number of nitrogens with zero attached hydrogens (tertiary/aromatic N) is 4. The highest BCUT2D eigenvalue weighted by Crippen LogP contribution is 2.18. The molecule has 1 amide bonds. The summed E-state index contributed by atoms with van der Waals surface area (Å²) in [4.78, 5) is 22.1. The van der Waals surface area contributed by atoms with Crippen LogP contribution in [0, 0.1) is 17.0 Å². The van der Waals surface area contributed by atoms with E-state index in [2.05, 4.69) is 22.5 Å². The van der Waals surface area contributed by atoms with Crippen molar-refractivity contribution in [2.24, 2.45) is 5.10 Å². The zero-order chi connectivity index (χ0) is 18.4. The molecule has 2 rings (SSSR count). The number of nitro groups is 1. The van der Waals surface area contributed by atoms with Gasteiger partial charge in [-0.05, 0) is 25.5 Å². The number of hydrazone groups is 1. The maximum absolute atomic E-state index is 12.0. The molecule has 132 valence electrons. The number of nitro benzene ring substituents is 1. The van der Waals surface area contributed by atoms with Crippen LogP contribution in [0.15, 0.2) is 29.4 Å². The van der Waals surface area contributed by atoms with Crippen molar-refractivity contribution < 1.29 is 9.72 Å². The Kier molecular flexibility index (Phi) is 6.24. The number of non-ortho nitro benzene ring substituents is 1. The first-order valence-electron chi connectivity index (χ1n) is 7.74. The number of hydrogen-bond donors (Lipinski definition) is 1. The van der Waals surface area contributed by atoms with Crippen LogP contribution >= 0.6 is 11.6 Å². The van der Waals surface area contributed by atoms with Crippen LogP contribution in [0.25, 0.3) is 0 Å². The number of carbonyl (C=O) groups excluding carboxylic acids is 1. The van der Waals surface area contributed by atoms with E-state index < -0.39 is 10.8 Å². The number of carbonyl (C=O) groups is 1. The molecule has 0 radical (unpaired) electrons. The minimum atomic E-state index is -0.527. The molecule has 0 saturated heterocycles. The number of halogens is 1. The highest BCUT2D eigenvalue weighted by Gasteiger charge is 2.12. The lowest BCUT2D eigenvalue weighted by Crippen LogP contribution is -2.17. The van der Waals surface area contributed by atoms with Gasteiger partial charge in [0, 0.05) is 24.2 Å². The molecule has 0 unspecified atom stereocenters. The molecule has 0 aliphatic heterocycles. The van der Waals surface area contributed by atoms with E-state index in [1.54, 1.807) is 4.68 Å². The molecule has 2 aromatic rings. The molecule has 0 spiro atoms. The van der Waals surface area contributed by atoms with Crippen LogP contribution in [-0.2, 0) is 6.54 Å². The van der Waals surface area contributed by atoms with Crippen molar-refractivity contribution in [1.82, 2.24) is 15.2 Å². The quantitative estimate of drug-likeness (QED) is 0.463. The average molecular weight is 364 g/mol. The van der Waals surface area contributed by atoms with Crippen LogP contribution in [0.3, 0.4) is 0 Å². The van der Waals surface area contributed by atoms with Crippen LogP contribution < -0.4 is 5.43 Å². The van der Waals surface area contributed by atoms with E-state index in [0.717, 1.165) is 25.1 Å². The van der Waals surface area contributed by atoms with E-state index in [9.17, 15) is 14.9 Å². The maximum Gasteiger partial charge on any atom is 0.271 e. The van der Waals surface area contributed by atoms with Crippen LogP contribution in [0.5, 0.6) is 0 Å². The van der Waals surface area contributed by atoms with Gasteiger partial charge in [-0.1, -0.05) is 24.9 Å². The van der Waals surface area contributed by atoms with E-state index in [4.69, 9.17) is 11.6 Å². The number of rotatable bonds is 7. The third kappa shape index (κ3) is 4.63. The van der Waals surface area contributed by atoms with Crippen molar-refractivity contribution in [2.75, 3.05) is 0 Å². The standard InChI is InChI=1S/C16H18ClN5O3/c1-3-4-9-21-15(17)14(11(2)20-21)10-18-19-16(23)12-5-7-13(8-6-12)22(24)25/h5-8,10H,3-4,9H2,1-2H3,(H,19,23)/b18-10-. The number of aromatic nitrogens is 2. The molecule has 0 aliphatic rings. The summed E-state index contributed by atoms with van der Waals surface area (Å²) in [5.74, 6) is -0.474. The lowest BCUT2D eigenvalue weighted by molar-refractivity contribution is -0.384. The number of hydrogen-bond acceptors (Lipinski definition) is 5. The van der Waals surface area contributed by atoms with Gasteiger partial charge in [0.2, 0.25) is 0 Å². The van der Waals surface area contributed by atoms with Gasteiger partial charge in [0.05, 0.1) is 22.4 Å². The van der Waals surface area contributed by atoms with Crippen molar-refractivity contribution in [3.05, 3.63) is 56.4 Å². The molecule has 1 aromatic carbocycles. The van der Waals surface area contributed by atoms with Gasteiger partial charge in [0.15, 0.2) is 0 Å². The van der Waals surface area contributed by atoms with Crippen LogP contribution in [0.1, 0.15) is 41.4 Å². The summed E-state index contributed by atoms with van der Waals surface area (Å²) in [6.45, 7) is 4.62. The summed E-state index contributed by atoms with van der Waals surface area (Å²) in [7, 11) is 0. The normalized spacial score (nSPS) is 11.0. The highest BCUT2D eigenvalue weighted by atomic mass is 35.5. The Morgan fingerprint density at radius 2 is 2.12 bits per heavy atom. The molecule has 1 aromatic heterocycles. The fourth-order valence-electron chi connectivity index (χ4n) is 2.12. The monoisotopic (exact) mass is 363 g/mol. The second kappa shape index (κ2) is 8.39. The summed E-state index contributed by atoms with van der Waals surface area (Å²) in [5, 5.41) is 19.3. The predicted molar refractivity (Wildman–Crippen MR) is 95.0 cm³/mol. The molecule has 0 saturated carbocycles. The van der Waals surface area contributed by atoms with Gasteiger partial charge in [0.1, 0.15) is 5.15 Å². The molecule has 1 heterocycles. The smallest absolute Gasteiger partial charge is 0.267 e. The molecule has 9 heteroatoms. The van der Waals surface area contributed by atoms with E-state index >= 15 is 0 Å². The van der Waals surface area contributed by atoms with Crippen molar-refractivity contribution in [3.63, 3.8) is 0 Å². The Labute approximate surface area is 149 Å². The van der Waals surface area contributed by atoms with Gasteiger partial charge >= 0.3 is 0 Å². The predicted octanol–water partition coefficient (Wildman–Crippen LogP) is 3.32. The van der Waals surface area contributed by atoms with Gasteiger partial charge in [0.25, 0.3) is 11.6 Å². The molecular weight excluding hydrogens is 346 g/mol. The Bertz CT molecular complexity index is 799. The Morgan fingerprint density at radius 1 is 1.44 bits per heavy atom. The summed E-state index contributed by atoms with van der Waals surface area (Å²) < 4.78 is 1.71. The molecule has 0 atom stereocenters. The molecule has 0 aliphatic carbocycles. The fourth-order valence-corrected chi connectivity index (χ4v) is 2.43. The summed E-state index contributed by atoms with van der Waals surface area (Å²) >= 11 is 6.28. The third-order valence-corrected chi connectivity index (χ3v) is 3.93. The number of aryl methyl sites for hydroxylation is 2. The van der Waals surface area contributed by atoms with Gasteiger partial charge in [-0.3, -0.25) is 19.6 Å². The largest absolute Gasteiger partial charge is 0.271 e. The maximum atomic E-state index is 12.0. The average Bonchev–Trinajstić information content (AvgIpc) is 2.87. The fraction of sp³-hybridized carbons (Fsp3) is 0.312. The zero-order valence-electron chi connectivity index (χ0n) is 13.9. The zero-order valence-corrected chi connectivity index (χ0v) is 14.7. The van der Waals surface area contributed by atoms with E-state index in [0.29, 0.717) is 10.7 Å². The number of unbranched alkanes of at least 4 members (excludes halogenated alkanes) is 1. The summed E-state index contributed by atoms with van der Waals surface area (Å²) in [6, 6.07) is 5.25. The minimum absolute atomic E-state index is 0.0815. The van der Waals surface area contributed by atoms with Crippen molar-refractivity contribution in [3.8, 4) is 0 Å². The summed E-state index contributed by atoms with van der Waals surface area (Å²) in [6.07, 6.45) is 3.44. The van der Waals surface area contributed by atoms with Crippen LogP contribution in [0.4, 0.5) is 5.69 Å². The lowest BCUT2D eigenvalue weighted by Gasteiger charge is -2.01. The van der Waals surface area contributed by atoms with Gasteiger partial charge in [-0.2, -0.15) is 10.2 Å². The Balaban J connectivity index is 2.04. The first kappa shape index (κ1) is 18.6.